The fourth-order valence-electron chi connectivity index (χ4n) is 0.625. The molecule has 0 N–H and O–H groups in total. The van der Waals surface area contributed by atoms with Crippen molar-refractivity contribution >= 4 is 16.9 Å². The molecule has 4 heteroatoms. The van der Waals surface area contributed by atoms with E-state index in [0.717, 1.165) is 0 Å². The summed E-state index contributed by atoms with van der Waals surface area (Å²) in [5.41, 5.74) is 0. The molecule has 0 aromatic heterocycles. The normalized spacial score (nSPS) is 17.0. The first-order valence-electron chi connectivity index (χ1n) is 2.59. The van der Waals surface area contributed by atoms with Crippen molar-refractivity contribution in [1.82, 2.24) is 0 Å². The number of carboxylic acids is 1. The molecule has 1 heterocycles. The summed E-state index contributed by atoms with van der Waals surface area (Å²) in [6.45, 7) is 0. The Morgan fingerprint density at radius 1 is 1.40 bits per heavy atom. The maximum atomic E-state index is 9.99. The predicted octanol–water partition coefficient (Wildman–Crippen LogP) is -3.22. The first-order valence-corrected chi connectivity index (χ1v) is 4.26. The van der Waals surface area contributed by atoms with E-state index in [2.05, 4.69) is 0 Å². The van der Waals surface area contributed by atoms with Crippen LogP contribution in [0.1, 0.15) is 0 Å². The molecule has 1 aliphatic rings. The van der Waals surface area contributed by atoms with Gasteiger partial charge in [0.2, 0.25) is 0 Å². The molecule has 0 aromatic carbocycles. The van der Waals surface area contributed by atoms with Gasteiger partial charge >= 0.3 is 29.6 Å². The van der Waals surface area contributed by atoms with Crippen LogP contribution in [-0.2, 0) is 4.79 Å². The minimum atomic E-state index is -0.961. The van der Waals surface area contributed by atoms with Crippen molar-refractivity contribution in [2.45, 2.75) is 0 Å². The van der Waals surface area contributed by atoms with Gasteiger partial charge in [-0.25, -0.2) is 10.9 Å². The topological polar surface area (TPSA) is 40.1 Å². The summed E-state index contributed by atoms with van der Waals surface area (Å²) in [5.74, 6) is -0.792. The van der Waals surface area contributed by atoms with Crippen LogP contribution in [0.2, 0.25) is 0 Å². The van der Waals surface area contributed by atoms with Crippen LogP contribution >= 0.6 is 10.9 Å². The largest absolute Gasteiger partial charge is 1.00 e. The standard InChI is InChI=1S/C6H8O2S.Na/c7-6(8)5-9-3-1-2-4-9;/h1-4,9H,5H2,(H,7,8);/q;+1/p-1. The predicted molar refractivity (Wildman–Crippen MR) is 37.1 cm³/mol. The molecule has 0 atom stereocenters. The van der Waals surface area contributed by atoms with Crippen molar-refractivity contribution in [3.8, 4) is 0 Å². The van der Waals surface area contributed by atoms with Gasteiger partial charge < -0.3 is 9.90 Å². The number of hydrogen-bond donors (Lipinski definition) is 1. The first kappa shape index (κ1) is 10.3. The Balaban J connectivity index is 0.000000810. The summed E-state index contributed by atoms with van der Waals surface area (Å²) in [6.07, 6.45) is 3.74. The van der Waals surface area contributed by atoms with Crippen molar-refractivity contribution in [3.05, 3.63) is 23.0 Å². The number of aliphatic carboxylic acids is 1. The van der Waals surface area contributed by atoms with Gasteiger partial charge in [0.25, 0.3) is 0 Å². The third-order valence-electron chi connectivity index (χ3n) is 0.978. The van der Waals surface area contributed by atoms with Crippen molar-refractivity contribution in [2.75, 3.05) is 5.75 Å². The van der Waals surface area contributed by atoms with E-state index in [1.165, 1.54) is 0 Å². The summed E-state index contributed by atoms with van der Waals surface area (Å²) < 4.78 is 0. The van der Waals surface area contributed by atoms with Crippen molar-refractivity contribution in [1.29, 1.82) is 0 Å². The maximum absolute atomic E-state index is 9.99. The van der Waals surface area contributed by atoms with E-state index in [4.69, 9.17) is 0 Å². The van der Waals surface area contributed by atoms with Crippen LogP contribution < -0.4 is 34.7 Å². The fourth-order valence-corrected chi connectivity index (χ4v) is 1.87. The zero-order valence-electron chi connectivity index (χ0n) is 5.78. The van der Waals surface area contributed by atoms with Gasteiger partial charge in [-0.3, -0.25) is 0 Å². The van der Waals surface area contributed by atoms with E-state index in [1.54, 1.807) is 0 Å². The Kier molecular flexibility index (Phi) is 5.17. The molecule has 0 aromatic rings. The van der Waals surface area contributed by atoms with E-state index in [-0.39, 0.29) is 35.3 Å². The quantitative estimate of drug-likeness (QED) is 0.346. The molecule has 1 aliphatic heterocycles. The van der Waals surface area contributed by atoms with Crippen molar-refractivity contribution in [3.63, 3.8) is 0 Å². The van der Waals surface area contributed by atoms with Gasteiger partial charge in [-0.1, -0.05) is 12.2 Å². The van der Waals surface area contributed by atoms with Gasteiger partial charge in [0.05, 0.1) is 5.97 Å². The summed E-state index contributed by atoms with van der Waals surface area (Å²) in [4.78, 5) is 9.99. The Morgan fingerprint density at radius 2 is 1.90 bits per heavy atom. The summed E-state index contributed by atoms with van der Waals surface area (Å²) >= 11 is 0. The Bertz CT molecular complexity index is 165. The summed E-state index contributed by atoms with van der Waals surface area (Å²) in [7, 11) is -0.508. The van der Waals surface area contributed by atoms with Gasteiger partial charge in [-0.05, 0) is 10.8 Å². The Labute approximate surface area is 84.6 Å². The van der Waals surface area contributed by atoms with E-state index in [1.807, 2.05) is 23.0 Å². The van der Waals surface area contributed by atoms with Crippen molar-refractivity contribution < 1.29 is 39.5 Å². The number of rotatable bonds is 2. The van der Waals surface area contributed by atoms with E-state index in [0.29, 0.717) is 0 Å². The SMILES string of the molecule is O=C([O-])C[SH]1C=CC=C1.[Na+]. The van der Waals surface area contributed by atoms with Crippen LogP contribution in [-0.4, -0.2) is 11.7 Å². The average molecular weight is 166 g/mol. The molecular formula is C6H7NaO2S. The van der Waals surface area contributed by atoms with E-state index < -0.39 is 16.9 Å². The van der Waals surface area contributed by atoms with Crippen molar-refractivity contribution in [2.24, 2.45) is 0 Å². The molecule has 0 spiro atoms. The number of hydrogen-bond acceptors (Lipinski definition) is 2. The summed E-state index contributed by atoms with van der Waals surface area (Å²) in [6, 6.07) is 0. The number of carbonyl (C=O) groups is 1. The third-order valence-corrected chi connectivity index (χ3v) is 2.71. The van der Waals surface area contributed by atoms with E-state index in [9.17, 15) is 9.90 Å². The monoisotopic (exact) mass is 166 g/mol. The van der Waals surface area contributed by atoms with Crippen LogP contribution in [0.15, 0.2) is 23.0 Å². The van der Waals surface area contributed by atoms with Crippen LogP contribution in [0.3, 0.4) is 0 Å². The zero-order valence-corrected chi connectivity index (χ0v) is 8.67. The fraction of sp³-hybridized carbons (Fsp3) is 0.167. The van der Waals surface area contributed by atoms with Gasteiger partial charge in [-0.15, -0.1) is 0 Å². The second-order valence-corrected chi connectivity index (χ2v) is 3.67. The van der Waals surface area contributed by atoms with Crippen LogP contribution in [0.25, 0.3) is 0 Å². The first-order chi connectivity index (χ1) is 4.29. The molecule has 1 rings (SSSR count). The minimum absolute atomic E-state index is 0. The van der Waals surface area contributed by atoms with Gasteiger partial charge in [0, 0.05) is 5.75 Å². The summed E-state index contributed by atoms with van der Waals surface area (Å²) in [5, 5.41) is 13.8. The van der Waals surface area contributed by atoms with Crippen LogP contribution in [0, 0.1) is 0 Å². The number of thiol groups is 1. The molecule has 0 bridgehead atoms. The number of carboxylic acid groups (broad SMARTS) is 1. The molecule has 0 saturated carbocycles. The van der Waals surface area contributed by atoms with Gasteiger partial charge in [-0.2, -0.15) is 0 Å². The maximum Gasteiger partial charge on any atom is 1.00 e. The third kappa shape index (κ3) is 3.46. The number of allylic oxidation sites excluding steroid dienone is 2. The molecule has 0 unspecified atom stereocenters. The van der Waals surface area contributed by atoms with Crippen LogP contribution in [0.4, 0.5) is 0 Å². The molecule has 0 radical (unpaired) electrons. The minimum Gasteiger partial charge on any atom is -0.549 e. The van der Waals surface area contributed by atoms with E-state index >= 15 is 0 Å². The Morgan fingerprint density at radius 3 is 2.30 bits per heavy atom. The average Bonchev–Trinajstić information content (AvgIpc) is 2.15. The molecule has 0 amide bonds. The molecule has 50 valence electrons. The molecule has 2 nitrogen and oxygen atoms in total. The molecule has 10 heavy (non-hydrogen) atoms. The van der Waals surface area contributed by atoms with Crippen LogP contribution in [0.5, 0.6) is 0 Å². The second kappa shape index (κ2) is 5.02. The molecule has 0 fully saturated rings. The van der Waals surface area contributed by atoms with Gasteiger partial charge in [0.15, 0.2) is 0 Å². The van der Waals surface area contributed by atoms with Gasteiger partial charge in [0.1, 0.15) is 0 Å². The smallest absolute Gasteiger partial charge is 0.549 e. The Hall–Kier alpha value is 0.300. The molecule has 0 saturated heterocycles. The molecular weight excluding hydrogens is 159 g/mol. The second-order valence-electron chi connectivity index (χ2n) is 1.73. The zero-order chi connectivity index (χ0) is 6.69. The molecule has 0 aliphatic carbocycles. The number of carbonyl (C=O) groups excluding carboxylic acids is 1.